The third kappa shape index (κ3) is 38.4. The fraction of sp³-hybridized carbons (Fsp3) is 0.500. The molecule has 0 saturated heterocycles. The molecule has 0 heterocycles. The second-order valence-electron chi connectivity index (χ2n) is 18.6. The second kappa shape index (κ2) is 39.8. The molecule has 0 aliphatic heterocycles. The Labute approximate surface area is 611 Å². The van der Waals surface area contributed by atoms with Gasteiger partial charge >= 0.3 is 195 Å². The standard InChI is InChI=1S/3C16H22F3O6PS.3K/c3*1-12(5-2-3-8-15(26(20,21)22)27(23,24)25)9-10-13-6-4-7-14(11-13)16(17,18)19;;;/h3*4-7,11,15H,2-3,8-10H2,1H3,(H2,20,21,22)(H,23,24,25);;;/q;;;3*+1/p-3/b3*12-5+;;;. The number of benzene rings is 3. The maximum atomic E-state index is 12.7. The van der Waals surface area contributed by atoms with E-state index < -0.39 is 123 Å². The van der Waals surface area contributed by atoms with Crippen LogP contribution in [0.3, 0.4) is 0 Å². The Hall–Kier alpha value is 1.34. The summed E-state index contributed by atoms with van der Waals surface area (Å²) in [6, 6.07) is 15.0. The van der Waals surface area contributed by atoms with E-state index >= 15 is 0 Å². The summed E-state index contributed by atoms with van der Waals surface area (Å²) < 4.78 is 246. The monoisotopic (exact) mass is 1400 g/mol. The number of allylic oxidation sites excluding steroid dienone is 6. The number of aryl methyl sites for hydroxylation is 3. The van der Waals surface area contributed by atoms with E-state index in [1.165, 1.54) is 18.2 Å². The summed E-state index contributed by atoms with van der Waals surface area (Å²) in [5.74, 6) is 0. The largest absolute Gasteiger partial charge is 1.00 e. The minimum atomic E-state index is -5.11. The van der Waals surface area contributed by atoms with Gasteiger partial charge in [0.05, 0.1) is 16.7 Å². The van der Waals surface area contributed by atoms with Crippen molar-refractivity contribution < 1.29 is 276 Å². The average Bonchev–Trinajstić information content (AvgIpc) is 3.29. The topological polar surface area (TPSA) is 344 Å². The maximum absolute atomic E-state index is 12.7. The number of halogens is 9. The minimum Gasteiger partial charge on any atom is -0.747 e. The van der Waals surface area contributed by atoms with Crippen LogP contribution < -0.4 is 154 Å². The molecule has 0 saturated carbocycles. The predicted octanol–water partition coefficient (Wildman–Crippen LogP) is 2.42. The summed E-state index contributed by atoms with van der Waals surface area (Å²) in [7, 11) is -30.5. The Morgan fingerprint density at radius 2 is 0.643 bits per heavy atom. The normalized spacial score (nSPS) is 14.5. The summed E-state index contributed by atoms with van der Waals surface area (Å²) in [6.45, 7) is 5.25. The number of unbranched alkanes of at least 4 members (excludes halogenated alkanes) is 3. The molecule has 0 aliphatic rings. The molecule has 3 rings (SSSR count). The molecule has 6 N–H and O–H groups in total. The van der Waals surface area contributed by atoms with Crippen LogP contribution >= 0.6 is 22.8 Å². The van der Waals surface area contributed by atoms with Gasteiger partial charge in [-0.15, -0.1) is 0 Å². The molecule has 0 bridgehead atoms. The van der Waals surface area contributed by atoms with Crippen molar-refractivity contribution >= 4 is 53.1 Å². The van der Waals surface area contributed by atoms with Gasteiger partial charge < -0.3 is 43.0 Å². The van der Waals surface area contributed by atoms with Gasteiger partial charge in [-0.2, -0.15) is 39.5 Å². The van der Waals surface area contributed by atoms with Gasteiger partial charge in [0.25, 0.3) is 0 Å². The minimum absolute atomic E-state index is 0. The van der Waals surface area contributed by atoms with Crippen molar-refractivity contribution in [2.45, 2.75) is 151 Å². The Balaban J connectivity index is -0.00000115. The zero-order valence-corrected chi connectivity index (χ0v) is 61.1. The van der Waals surface area contributed by atoms with E-state index in [-0.39, 0.29) is 173 Å². The van der Waals surface area contributed by atoms with Crippen molar-refractivity contribution in [3.63, 3.8) is 0 Å². The van der Waals surface area contributed by atoms with Gasteiger partial charge in [0.2, 0.25) is 0 Å². The Kier molecular flexibility index (Phi) is 42.4. The molecule has 0 aromatic heterocycles. The Bertz CT molecular complexity index is 2790. The zero-order valence-electron chi connectivity index (χ0n) is 46.5. The summed E-state index contributed by atoms with van der Waals surface area (Å²) in [6.07, 6.45) is -5.79. The molecule has 3 atom stereocenters. The van der Waals surface area contributed by atoms with Crippen LogP contribution in [0, 0.1) is 0 Å². The van der Waals surface area contributed by atoms with Crippen molar-refractivity contribution in [3.05, 3.63) is 141 Å². The fourth-order valence-corrected chi connectivity index (χ4v) is 14.4. The van der Waals surface area contributed by atoms with Crippen LogP contribution in [0.5, 0.6) is 0 Å². The molecule has 18 nitrogen and oxygen atoms in total. The van der Waals surface area contributed by atoms with Crippen molar-refractivity contribution in [2.24, 2.45) is 0 Å². The number of alkyl halides is 9. The number of rotatable bonds is 27. The van der Waals surface area contributed by atoms with Crippen LogP contribution in [0.2, 0.25) is 0 Å². The van der Waals surface area contributed by atoms with E-state index in [2.05, 4.69) is 0 Å². The SMILES string of the molecule is C/C(=C\CCCC(P(=O)(O)O)S(=O)(=O)[O-])CCc1cccc(C(F)(F)F)c1.C/C(=C\CCCC(P(=O)(O)O)S(=O)(=O)[O-])CCc1cccc(C(F)(F)F)c1.C/C(=C\CCCC(P(=O)(O)O)S(=O)(=O)[O-])CCc1cccc(C(F)(F)F)c1.[K+].[K+].[K+]. The van der Waals surface area contributed by atoms with Crippen LogP contribution in [0.15, 0.2) is 108 Å². The van der Waals surface area contributed by atoms with E-state index in [1.807, 2.05) is 0 Å². The molecular weight excluding hydrogens is 1340 g/mol. The zero-order chi connectivity index (χ0) is 62.6. The molecule has 0 amide bonds. The first-order valence-electron chi connectivity index (χ1n) is 24.1. The van der Waals surface area contributed by atoms with E-state index in [4.69, 9.17) is 29.4 Å². The van der Waals surface area contributed by atoms with Gasteiger partial charge in [0, 0.05) is 0 Å². The first kappa shape index (κ1) is 89.5. The van der Waals surface area contributed by atoms with Crippen molar-refractivity contribution in [3.8, 4) is 0 Å². The van der Waals surface area contributed by atoms with E-state index in [9.17, 15) is 92.1 Å². The first-order valence-corrected chi connectivity index (χ1v) is 33.5. The summed E-state index contributed by atoms with van der Waals surface area (Å²) in [4.78, 5) is 46.9. The van der Waals surface area contributed by atoms with Gasteiger partial charge in [-0.1, -0.05) is 89.5 Å². The summed E-state index contributed by atoms with van der Waals surface area (Å²) in [5.41, 5.74) is 1.93. The first-order chi connectivity index (χ1) is 36.6. The van der Waals surface area contributed by atoms with E-state index in [0.717, 1.165) is 53.1 Å². The van der Waals surface area contributed by atoms with Gasteiger partial charge in [-0.25, -0.2) is 25.3 Å². The smallest absolute Gasteiger partial charge is 0.747 e. The average molecular weight is 1410 g/mol. The molecule has 36 heteroatoms. The molecule has 84 heavy (non-hydrogen) atoms. The van der Waals surface area contributed by atoms with Crippen molar-refractivity contribution in [1.29, 1.82) is 0 Å². The number of hydrogen-bond acceptors (Lipinski definition) is 12. The van der Waals surface area contributed by atoms with Gasteiger partial charge in [-0.05, 0) is 152 Å². The van der Waals surface area contributed by atoms with Gasteiger partial charge in [0.1, 0.15) is 30.4 Å². The van der Waals surface area contributed by atoms with E-state index in [0.29, 0.717) is 74.5 Å². The third-order valence-electron chi connectivity index (χ3n) is 11.8. The van der Waals surface area contributed by atoms with Gasteiger partial charge in [-0.3, -0.25) is 13.7 Å². The number of hydrogen-bond donors (Lipinski definition) is 6. The molecule has 462 valence electrons. The molecule has 3 aromatic rings. The van der Waals surface area contributed by atoms with E-state index in [1.54, 1.807) is 57.2 Å². The van der Waals surface area contributed by atoms with Crippen LogP contribution in [0.1, 0.15) is 131 Å². The van der Waals surface area contributed by atoms with Gasteiger partial charge in [0.15, 0.2) is 15.0 Å². The van der Waals surface area contributed by atoms with Crippen LogP contribution in [0.4, 0.5) is 39.5 Å². The molecular formula is C48H63F9K3O18P3S3. The fourth-order valence-electron chi connectivity index (χ4n) is 7.41. The summed E-state index contributed by atoms with van der Waals surface area (Å²) in [5, 5.41) is 0. The predicted molar refractivity (Wildman–Crippen MR) is 279 cm³/mol. The maximum Gasteiger partial charge on any atom is 1.00 e. The molecule has 0 aliphatic carbocycles. The molecule has 0 fully saturated rings. The van der Waals surface area contributed by atoms with Crippen LogP contribution in [0.25, 0.3) is 0 Å². The molecule has 3 unspecified atom stereocenters. The van der Waals surface area contributed by atoms with Crippen molar-refractivity contribution in [2.75, 3.05) is 0 Å². The Morgan fingerprint density at radius 3 is 0.810 bits per heavy atom. The Morgan fingerprint density at radius 1 is 0.440 bits per heavy atom. The van der Waals surface area contributed by atoms with Crippen LogP contribution in [-0.2, 0) is 81.8 Å². The quantitative estimate of drug-likeness (QED) is 0.0159. The summed E-state index contributed by atoms with van der Waals surface area (Å²) >= 11 is 0. The van der Waals surface area contributed by atoms with Crippen LogP contribution in [-0.4, -0.2) is 83.2 Å². The molecule has 0 spiro atoms. The third-order valence-corrected chi connectivity index (χ3v) is 22.3. The molecule has 3 aromatic carbocycles. The molecule has 0 radical (unpaired) electrons. The van der Waals surface area contributed by atoms with Crippen molar-refractivity contribution in [1.82, 2.24) is 0 Å². The second-order valence-corrected chi connectivity index (χ2v) is 29.8.